The van der Waals surface area contributed by atoms with E-state index in [0.717, 1.165) is 15.7 Å². The van der Waals surface area contributed by atoms with Gasteiger partial charge in [-0.1, -0.05) is 23.5 Å². The predicted molar refractivity (Wildman–Crippen MR) is 68.0 cm³/mol. The second-order valence-corrected chi connectivity index (χ2v) is 5.14. The highest BCUT2D eigenvalue weighted by molar-refractivity contribution is 8.24. The first-order valence-electron chi connectivity index (χ1n) is 4.38. The third kappa shape index (κ3) is 1.54. The quantitative estimate of drug-likeness (QED) is 0.476. The van der Waals surface area contributed by atoms with Crippen molar-refractivity contribution in [2.75, 3.05) is 7.05 Å². The molecular weight excluding hydrogens is 226 g/mol. The summed E-state index contributed by atoms with van der Waals surface area (Å²) >= 11 is 3.26. The Bertz CT molecular complexity index is 489. The normalized spacial score (nSPS) is 25.5. The van der Waals surface area contributed by atoms with Crippen molar-refractivity contribution in [2.24, 2.45) is 10.1 Å². The molecule has 0 fully saturated rings. The minimum atomic E-state index is 0.831. The molecule has 0 aromatic carbocycles. The van der Waals surface area contributed by atoms with Gasteiger partial charge >= 0.3 is 0 Å². The van der Waals surface area contributed by atoms with Gasteiger partial charge in [-0.25, -0.2) is 0 Å². The average Bonchev–Trinajstić information content (AvgIpc) is 2.69. The zero-order valence-electron chi connectivity index (χ0n) is 8.66. The zero-order valence-corrected chi connectivity index (χ0v) is 10.3. The van der Waals surface area contributed by atoms with Crippen LogP contribution in [0.5, 0.6) is 0 Å². The lowest BCUT2D eigenvalue weighted by Gasteiger charge is -1.96. The molecule has 0 bridgehead atoms. The summed E-state index contributed by atoms with van der Waals surface area (Å²) in [7, 11) is 1.81. The van der Waals surface area contributed by atoms with Crippen LogP contribution in [0.25, 0.3) is 4.95 Å². The fourth-order valence-corrected chi connectivity index (χ4v) is 3.92. The Labute approximate surface area is 97.2 Å². The van der Waals surface area contributed by atoms with Gasteiger partial charge in [0.25, 0.3) is 0 Å². The van der Waals surface area contributed by atoms with Gasteiger partial charge in [0.2, 0.25) is 0 Å². The van der Waals surface area contributed by atoms with Gasteiger partial charge in [-0.05, 0) is 19.4 Å². The average molecular weight is 235 g/mol. The second-order valence-electron chi connectivity index (χ2n) is 3.15. The molecular formula is C10H9N3S2. The van der Waals surface area contributed by atoms with E-state index in [1.165, 1.54) is 15.4 Å². The molecule has 0 radical (unpaired) electrons. The summed E-state index contributed by atoms with van der Waals surface area (Å²) in [5.41, 5.74) is 2.31. The lowest BCUT2D eigenvalue weighted by molar-refractivity contribution is 1.44. The fourth-order valence-electron chi connectivity index (χ4n) is 1.48. The molecule has 0 atom stereocenters. The summed E-state index contributed by atoms with van der Waals surface area (Å²) in [6.45, 7) is 10.8. The van der Waals surface area contributed by atoms with Crippen molar-refractivity contribution < 1.29 is 0 Å². The highest BCUT2D eigenvalue weighted by atomic mass is 32.2. The summed E-state index contributed by atoms with van der Waals surface area (Å²) in [6, 6.07) is 0. The molecule has 0 amide bonds. The van der Waals surface area contributed by atoms with Crippen molar-refractivity contribution in [1.82, 2.24) is 0 Å². The van der Waals surface area contributed by atoms with Crippen LogP contribution in [-0.4, -0.2) is 17.1 Å². The topological polar surface area (TPSA) is 29.1 Å². The zero-order chi connectivity index (χ0) is 11.0. The fraction of sp³-hybridized carbons (Fsp3) is 0.300. The smallest absolute Gasteiger partial charge is 0.188 e. The van der Waals surface area contributed by atoms with E-state index >= 15 is 0 Å². The molecule has 3 nitrogen and oxygen atoms in total. The van der Waals surface area contributed by atoms with E-state index in [1.807, 2.05) is 14.0 Å². The monoisotopic (exact) mass is 235 g/mol. The van der Waals surface area contributed by atoms with Crippen molar-refractivity contribution in [1.29, 1.82) is 0 Å². The SMILES string of the molecule is [C-]#[N+]/N=C1\SC2=C(C)C(=NC)SC2=C1C. The molecule has 0 aromatic heterocycles. The molecule has 76 valence electrons. The number of thioether (sulfide) groups is 2. The largest absolute Gasteiger partial charge is 0.281 e. The molecule has 15 heavy (non-hydrogen) atoms. The Kier molecular flexibility index (Phi) is 2.72. The number of fused-ring (bicyclic) bond motifs is 1. The van der Waals surface area contributed by atoms with E-state index in [-0.39, 0.29) is 0 Å². The highest BCUT2D eigenvalue weighted by Gasteiger charge is 2.34. The van der Waals surface area contributed by atoms with Crippen LogP contribution in [0, 0.1) is 6.57 Å². The Hall–Kier alpha value is -0.990. The first kappa shape index (κ1) is 10.5. The molecule has 0 N–H and O–H groups in total. The predicted octanol–water partition coefficient (Wildman–Crippen LogP) is 3.29. The second kappa shape index (κ2) is 3.87. The summed E-state index contributed by atoms with van der Waals surface area (Å²) < 4.78 is 0. The minimum Gasteiger partial charge on any atom is -0.281 e. The van der Waals surface area contributed by atoms with Crippen LogP contribution >= 0.6 is 23.5 Å². The van der Waals surface area contributed by atoms with Gasteiger partial charge in [0, 0.05) is 22.4 Å². The minimum absolute atomic E-state index is 0.831. The first-order chi connectivity index (χ1) is 7.19. The molecule has 2 aliphatic rings. The molecule has 2 rings (SSSR count). The highest BCUT2D eigenvalue weighted by Crippen LogP contribution is 2.52. The van der Waals surface area contributed by atoms with Crippen molar-refractivity contribution in [2.45, 2.75) is 13.8 Å². The van der Waals surface area contributed by atoms with Crippen molar-refractivity contribution in [3.05, 3.63) is 32.5 Å². The third-order valence-corrected chi connectivity index (χ3v) is 5.09. The number of aliphatic imine (C=N–C) groups is 1. The van der Waals surface area contributed by atoms with Crippen LogP contribution in [0.2, 0.25) is 0 Å². The van der Waals surface area contributed by atoms with Gasteiger partial charge in [0.15, 0.2) is 5.04 Å². The Morgan fingerprint density at radius 1 is 1.07 bits per heavy atom. The van der Waals surface area contributed by atoms with Gasteiger partial charge in [-0.2, -0.15) is 6.57 Å². The van der Waals surface area contributed by atoms with E-state index in [0.29, 0.717) is 0 Å². The maximum atomic E-state index is 6.75. The molecule has 0 saturated carbocycles. The Morgan fingerprint density at radius 3 is 2.13 bits per heavy atom. The molecule has 0 aromatic rings. The van der Waals surface area contributed by atoms with Crippen LogP contribution in [0.15, 0.2) is 31.1 Å². The maximum absolute atomic E-state index is 6.75. The van der Waals surface area contributed by atoms with Crippen LogP contribution < -0.4 is 0 Å². The molecule has 0 unspecified atom stereocenters. The van der Waals surface area contributed by atoms with Gasteiger partial charge in [-0.15, -0.1) is 4.95 Å². The summed E-state index contributed by atoms with van der Waals surface area (Å²) in [5.74, 6) is 0. The van der Waals surface area contributed by atoms with Gasteiger partial charge in [0.1, 0.15) is 0 Å². The number of hydrogen-bond acceptors (Lipinski definition) is 4. The van der Waals surface area contributed by atoms with Crippen LogP contribution in [0.3, 0.4) is 0 Å². The number of hydrogen-bond donors (Lipinski definition) is 0. The lowest BCUT2D eigenvalue weighted by atomic mass is 10.2. The molecule has 0 aliphatic carbocycles. The third-order valence-electron chi connectivity index (χ3n) is 2.27. The van der Waals surface area contributed by atoms with E-state index in [4.69, 9.17) is 6.57 Å². The molecule has 0 spiro atoms. The standard InChI is InChI=1S/C10H9N3S2/c1-5-7-8(14-9(5)11-3)6(2)10(15-7)13-12-4/h1-3H3/b11-9?,13-10-. The molecule has 2 heterocycles. The molecule has 5 heteroatoms. The van der Waals surface area contributed by atoms with Crippen molar-refractivity contribution in [3.8, 4) is 0 Å². The van der Waals surface area contributed by atoms with E-state index in [1.54, 1.807) is 23.5 Å². The van der Waals surface area contributed by atoms with Gasteiger partial charge in [0.05, 0.1) is 10.1 Å². The summed E-state index contributed by atoms with van der Waals surface area (Å²) in [4.78, 5) is 9.76. The van der Waals surface area contributed by atoms with E-state index < -0.39 is 0 Å². The van der Waals surface area contributed by atoms with Crippen LogP contribution in [0.4, 0.5) is 0 Å². The summed E-state index contributed by atoms with van der Waals surface area (Å²) in [5, 5.41) is 5.71. The van der Waals surface area contributed by atoms with Gasteiger partial charge < -0.3 is 0 Å². The van der Waals surface area contributed by atoms with Gasteiger partial charge in [-0.3, -0.25) is 4.99 Å². The maximum Gasteiger partial charge on any atom is 0.188 e. The molecule has 2 aliphatic heterocycles. The Morgan fingerprint density at radius 2 is 1.60 bits per heavy atom. The molecule has 0 saturated heterocycles. The van der Waals surface area contributed by atoms with E-state index in [2.05, 4.69) is 22.0 Å². The number of nitrogens with zero attached hydrogens (tertiary/aromatic N) is 3. The van der Waals surface area contributed by atoms with Crippen LogP contribution in [-0.2, 0) is 0 Å². The summed E-state index contributed by atoms with van der Waals surface area (Å²) in [6.07, 6.45) is 0. The first-order valence-corrected chi connectivity index (χ1v) is 6.02. The Balaban J connectivity index is 2.50. The van der Waals surface area contributed by atoms with Crippen molar-refractivity contribution >= 4 is 33.6 Å². The van der Waals surface area contributed by atoms with E-state index in [9.17, 15) is 0 Å². The van der Waals surface area contributed by atoms with Crippen LogP contribution in [0.1, 0.15) is 13.8 Å². The lowest BCUT2D eigenvalue weighted by Crippen LogP contribution is -1.91. The number of rotatable bonds is 0. The van der Waals surface area contributed by atoms with Crippen molar-refractivity contribution in [3.63, 3.8) is 0 Å².